The fourth-order valence-corrected chi connectivity index (χ4v) is 1.92. The van der Waals surface area contributed by atoms with Crippen LogP contribution in [-0.2, 0) is 9.59 Å². The van der Waals surface area contributed by atoms with Gasteiger partial charge in [0.15, 0.2) is 0 Å². The van der Waals surface area contributed by atoms with Gasteiger partial charge in [0, 0.05) is 19.1 Å². The maximum Gasteiger partial charge on any atom is 0.243 e. The normalized spacial score (nSPS) is 10.5. The van der Waals surface area contributed by atoms with Crippen molar-refractivity contribution in [1.82, 2.24) is 5.32 Å². The average molecular weight is 325 g/mol. The van der Waals surface area contributed by atoms with Crippen molar-refractivity contribution in [3.05, 3.63) is 24.0 Å². The molecule has 23 heavy (non-hydrogen) atoms. The monoisotopic (exact) mass is 325 g/mol. The molecule has 1 aromatic rings. The largest absolute Gasteiger partial charge is 0.396 e. The van der Waals surface area contributed by atoms with Gasteiger partial charge in [-0.1, -0.05) is 0 Å². The molecule has 0 radical (unpaired) electrons. The van der Waals surface area contributed by atoms with Crippen LogP contribution >= 0.6 is 0 Å². The number of amides is 2. The number of aliphatic hydroxyl groups is 1. The molecule has 0 atom stereocenters. The molecule has 1 aromatic carbocycles. The van der Waals surface area contributed by atoms with Gasteiger partial charge in [-0.15, -0.1) is 0 Å². The van der Waals surface area contributed by atoms with Crippen LogP contribution in [0.3, 0.4) is 0 Å². The molecule has 1 rings (SSSR count). The van der Waals surface area contributed by atoms with Gasteiger partial charge in [0.25, 0.3) is 0 Å². The zero-order valence-corrected chi connectivity index (χ0v) is 13.5. The number of unbranched alkanes of at least 4 members (excludes halogenated alkanes) is 1. The fourth-order valence-electron chi connectivity index (χ4n) is 1.92. The van der Waals surface area contributed by atoms with E-state index < -0.39 is 11.7 Å². The van der Waals surface area contributed by atoms with Crippen LogP contribution in [0.5, 0.6) is 0 Å². The Kier molecular flexibility index (Phi) is 8.04. The van der Waals surface area contributed by atoms with Crippen LogP contribution < -0.4 is 16.0 Å². The molecular weight excluding hydrogens is 301 g/mol. The molecule has 0 aliphatic heterocycles. The number of carbonyl (C=O) groups excluding carboxylic acids is 2. The number of aliphatic hydroxyl groups excluding tert-OH is 1. The lowest BCUT2D eigenvalue weighted by Gasteiger charge is -2.15. The first-order valence-electron chi connectivity index (χ1n) is 7.66. The van der Waals surface area contributed by atoms with E-state index in [4.69, 9.17) is 5.11 Å². The first-order valence-corrected chi connectivity index (χ1v) is 7.66. The molecule has 0 aliphatic carbocycles. The van der Waals surface area contributed by atoms with Gasteiger partial charge in [0.2, 0.25) is 11.8 Å². The summed E-state index contributed by atoms with van der Waals surface area (Å²) in [6, 6.07) is 4.22. The van der Waals surface area contributed by atoms with Crippen molar-refractivity contribution in [2.24, 2.45) is 0 Å². The zero-order chi connectivity index (χ0) is 17.2. The van der Waals surface area contributed by atoms with Gasteiger partial charge < -0.3 is 21.1 Å². The molecule has 0 fully saturated rings. The highest BCUT2D eigenvalue weighted by Crippen LogP contribution is 2.23. The third kappa shape index (κ3) is 7.60. The average Bonchev–Trinajstić information content (AvgIpc) is 2.48. The molecule has 0 bridgehead atoms. The number of hydrogen-bond acceptors (Lipinski definition) is 4. The second-order valence-corrected chi connectivity index (χ2v) is 5.49. The number of benzene rings is 1. The van der Waals surface area contributed by atoms with Gasteiger partial charge in [-0.25, -0.2) is 4.39 Å². The van der Waals surface area contributed by atoms with Gasteiger partial charge in [-0.3, -0.25) is 9.59 Å². The van der Waals surface area contributed by atoms with E-state index in [1.165, 1.54) is 12.1 Å². The maximum absolute atomic E-state index is 13.4. The maximum atomic E-state index is 13.4. The first-order chi connectivity index (χ1) is 10.9. The number of halogens is 1. The quantitative estimate of drug-likeness (QED) is 0.522. The van der Waals surface area contributed by atoms with E-state index in [0.29, 0.717) is 24.2 Å². The molecular formula is C16H24FN3O3. The fraction of sp³-hybridized carbons (Fsp3) is 0.500. The molecule has 0 saturated carbocycles. The van der Waals surface area contributed by atoms with E-state index >= 15 is 0 Å². The van der Waals surface area contributed by atoms with Gasteiger partial charge in [-0.2, -0.15) is 0 Å². The lowest BCUT2D eigenvalue weighted by Crippen LogP contribution is -2.33. The van der Waals surface area contributed by atoms with E-state index in [1.807, 2.05) is 13.8 Å². The van der Waals surface area contributed by atoms with Gasteiger partial charge in [0.05, 0.1) is 17.9 Å². The van der Waals surface area contributed by atoms with Gasteiger partial charge in [-0.05, 0) is 44.9 Å². The lowest BCUT2D eigenvalue weighted by atomic mass is 10.2. The Labute approximate surface area is 135 Å². The Morgan fingerprint density at radius 1 is 1.17 bits per heavy atom. The van der Waals surface area contributed by atoms with Crippen molar-refractivity contribution in [1.29, 1.82) is 0 Å². The predicted octanol–water partition coefficient (Wildman–Crippen LogP) is 1.86. The minimum Gasteiger partial charge on any atom is -0.396 e. The van der Waals surface area contributed by atoms with Crippen molar-refractivity contribution in [3.63, 3.8) is 0 Å². The van der Waals surface area contributed by atoms with Crippen LogP contribution in [0, 0.1) is 5.82 Å². The summed E-state index contributed by atoms with van der Waals surface area (Å²) in [6.45, 7) is 3.72. The smallest absolute Gasteiger partial charge is 0.243 e. The molecule has 0 saturated heterocycles. The Morgan fingerprint density at radius 2 is 1.91 bits per heavy atom. The second kappa shape index (κ2) is 9.78. The topological polar surface area (TPSA) is 90.5 Å². The number of nitrogens with one attached hydrogen (secondary N) is 3. The summed E-state index contributed by atoms with van der Waals surface area (Å²) in [7, 11) is 0. The molecule has 4 N–H and O–H groups in total. The highest BCUT2D eigenvalue weighted by atomic mass is 19.1. The van der Waals surface area contributed by atoms with Crippen molar-refractivity contribution in [2.75, 3.05) is 23.8 Å². The van der Waals surface area contributed by atoms with Crippen LogP contribution in [0.2, 0.25) is 0 Å². The molecule has 7 heteroatoms. The van der Waals surface area contributed by atoms with Crippen molar-refractivity contribution in [2.45, 2.75) is 39.2 Å². The van der Waals surface area contributed by atoms with Gasteiger partial charge >= 0.3 is 0 Å². The third-order valence-corrected chi connectivity index (χ3v) is 2.96. The van der Waals surface area contributed by atoms with Crippen LogP contribution in [0.25, 0.3) is 0 Å². The van der Waals surface area contributed by atoms with Gasteiger partial charge in [0.1, 0.15) is 5.82 Å². The van der Waals surface area contributed by atoms with Crippen LogP contribution in [0.1, 0.15) is 33.1 Å². The molecule has 0 spiro atoms. The summed E-state index contributed by atoms with van der Waals surface area (Å²) in [5.41, 5.74) is 0.947. The second-order valence-electron chi connectivity index (χ2n) is 5.49. The number of rotatable bonds is 9. The van der Waals surface area contributed by atoms with Crippen molar-refractivity contribution < 1.29 is 19.1 Å². The Morgan fingerprint density at radius 3 is 2.57 bits per heavy atom. The highest BCUT2D eigenvalue weighted by molar-refractivity contribution is 5.97. The minimum atomic E-state index is -0.456. The van der Waals surface area contributed by atoms with E-state index in [-0.39, 0.29) is 31.5 Å². The molecule has 0 unspecified atom stereocenters. The molecule has 6 nitrogen and oxygen atoms in total. The lowest BCUT2D eigenvalue weighted by molar-refractivity contribution is -0.124. The SMILES string of the molecule is CC(C)Nc1ccc(F)cc1NC(=O)CNC(=O)CCCCO. The molecule has 0 heterocycles. The first kappa shape index (κ1) is 18.9. The summed E-state index contributed by atoms with van der Waals surface area (Å²) >= 11 is 0. The van der Waals surface area contributed by atoms with Crippen molar-refractivity contribution >= 4 is 23.2 Å². The Bertz CT molecular complexity index is 535. The van der Waals surface area contributed by atoms with Crippen LogP contribution in [0.15, 0.2) is 18.2 Å². The Balaban J connectivity index is 2.53. The summed E-state index contributed by atoms with van der Waals surface area (Å²) < 4.78 is 13.4. The van der Waals surface area contributed by atoms with E-state index in [9.17, 15) is 14.0 Å². The van der Waals surface area contributed by atoms with Crippen molar-refractivity contribution in [3.8, 4) is 0 Å². The van der Waals surface area contributed by atoms with E-state index in [0.717, 1.165) is 0 Å². The molecule has 0 aliphatic rings. The summed E-state index contributed by atoms with van der Waals surface area (Å²) in [5.74, 6) is -1.14. The number of hydrogen-bond donors (Lipinski definition) is 4. The summed E-state index contributed by atoms with van der Waals surface area (Å²) in [4.78, 5) is 23.4. The predicted molar refractivity (Wildman–Crippen MR) is 87.7 cm³/mol. The third-order valence-electron chi connectivity index (χ3n) is 2.96. The standard InChI is InChI=1S/C16H24FN3O3/c1-11(2)19-13-7-6-12(17)9-14(13)20-16(23)10-18-15(22)5-3-4-8-21/h6-7,9,11,19,21H,3-5,8,10H2,1-2H3,(H,18,22)(H,20,23). The van der Waals surface area contributed by atoms with Crippen LogP contribution in [-0.4, -0.2) is 36.1 Å². The minimum absolute atomic E-state index is 0.0406. The summed E-state index contributed by atoms with van der Waals surface area (Å²) in [6.07, 6.45) is 1.37. The van der Waals surface area contributed by atoms with E-state index in [2.05, 4.69) is 16.0 Å². The number of anilines is 2. The molecule has 2 amide bonds. The van der Waals surface area contributed by atoms with E-state index in [1.54, 1.807) is 6.07 Å². The highest BCUT2D eigenvalue weighted by Gasteiger charge is 2.10. The molecule has 128 valence electrons. The van der Waals surface area contributed by atoms with Crippen LogP contribution in [0.4, 0.5) is 15.8 Å². The molecule has 0 aromatic heterocycles. The number of carbonyl (C=O) groups is 2. The zero-order valence-electron chi connectivity index (χ0n) is 13.5. The Hall–Kier alpha value is -2.15. The summed E-state index contributed by atoms with van der Waals surface area (Å²) in [5, 5.41) is 16.8.